The Balaban J connectivity index is 0.00000200. The van der Waals surface area contributed by atoms with Gasteiger partial charge in [-0.2, -0.15) is 13.2 Å². The Labute approximate surface area is 120 Å². The van der Waals surface area contributed by atoms with E-state index in [1.807, 2.05) is 0 Å². The van der Waals surface area contributed by atoms with Crippen LogP contribution in [0, 0.1) is 5.41 Å². The first-order chi connectivity index (χ1) is 8.72. The van der Waals surface area contributed by atoms with Gasteiger partial charge in [-0.05, 0) is 11.6 Å². The molecule has 1 N–H and O–H groups in total. The van der Waals surface area contributed by atoms with Crippen LogP contribution in [0.3, 0.4) is 0 Å². The number of hydrogen-bond acceptors (Lipinski definition) is 2. The molecule has 0 spiro atoms. The van der Waals surface area contributed by atoms with Gasteiger partial charge in [0.2, 0.25) is 0 Å². The molecule has 20 heavy (non-hydrogen) atoms. The molecular formula is C13H15ClF3NO2. The van der Waals surface area contributed by atoms with Crippen molar-refractivity contribution >= 4 is 18.5 Å². The first-order valence-corrected chi connectivity index (χ1v) is 5.81. The van der Waals surface area contributed by atoms with Crippen LogP contribution in [0.1, 0.15) is 31.0 Å². The first-order valence-electron chi connectivity index (χ1n) is 5.81. The number of halogens is 4. The second kappa shape index (κ2) is 5.52. The lowest BCUT2D eigenvalue weighted by atomic mass is 9.79. The summed E-state index contributed by atoms with van der Waals surface area (Å²) in [6, 6.07) is 4.54. The van der Waals surface area contributed by atoms with Crippen LogP contribution in [0.4, 0.5) is 18.0 Å². The van der Waals surface area contributed by atoms with Crippen molar-refractivity contribution in [2.24, 2.45) is 5.41 Å². The van der Waals surface area contributed by atoms with Crippen LogP contribution in [-0.4, -0.2) is 12.7 Å². The van der Waals surface area contributed by atoms with Gasteiger partial charge in [0.1, 0.15) is 6.61 Å². The Hall–Kier alpha value is -1.43. The summed E-state index contributed by atoms with van der Waals surface area (Å²) >= 11 is 0. The average molecular weight is 310 g/mol. The van der Waals surface area contributed by atoms with E-state index in [2.05, 4.69) is 5.32 Å². The van der Waals surface area contributed by atoms with E-state index in [9.17, 15) is 18.0 Å². The molecule has 0 radical (unpaired) electrons. The van der Waals surface area contributed by atoms with Crippen LogP contribution in [0.2, 0.25) is 0 Å². The normalized spacial score (nSPS) is 21.4. The van der Waals surface area contributed by atoms with Crippen LogP contribution in [-0.2, 0) is 10.9 Å². The summed E-state index contributed by atoms with van der Waals surface area (Å²) < 4.78 is 43.9. The van der Waals surface area contributed by atoms with Gasteiger partial charge in [0, 0.05) is 5.41 Å². The number of hydrogen-bond donors (Lipinski definition) is 1. The minimum atomic E-state index is -4.45. The number of carbonyl (C=O) groups excluding carboxylic acids is 1. The lowest BCUT2D eigenvalue weighted by Crippen LogP contribution is -2.47. The van der Waals surface area contributed by atoms with E-state index < -0.39 is 29.3 Å². The monoisotopic (exact) mass is 309 g/mol. The van der Waals surface area contributed by atoms with E-state index in [0.717, 1.165) is 6.07 Å². The van der Waals surface area contributed by atoms with Gasteiger partial charge in [0.25, 0.3) is 0 Å². The van der Waals surface area contributed by atoms with Crippen LogP contribution in [0.25, 0.3) is 0 Å². The fraction of sp³-hybridized carbons (Fsp3) is 0.462. The fourth-order valence-corrected chi connectivity index (χ4v) is 2.20. The van der Waals surface area contributed by atoms with Gasteiger partial charge >= 0.3 is 12.3 Å². The van der Waals surface area contributed by atoms with Gasteiger partial charge in [0.15, 0.2) is 0 Å². The predicted molar refractivity (Wildman–Crippen MR) is 69.7 cm³/mol. The lowest BCUT2D eigenvalue weighted by molar-refractivity contribution is -0.139. The zero-order valence-electron chi connectivity index (χ0n) is 11.0. The first kappa shape index (κ1) is 16.6. The van der Waals surface area contributed by atoms with Crippen molar-refractivity contribution in [3.8, 4) is 0 Å². The number of alkyl halides is 3. The van der Waals surface area contributed by atoms with E-state index in [1.54, 1.807) is 13.8 Å². The van der Waals surface area contributed by atoms with Gasteiger partial charge in [-0.1, -0.05) is 32.0 Å². The summed E-state index contributed by atoms with van der Waals surface area (Å²) in [7, 11) is 0. The third-order valence-electron chi connectivity index (χ3n) is 3.20. The van der Waals surface area contributed by atoms with Crippen LogP contribution in [0.5, 0.6) is 0 Å². The van der Waals surface area contributed by atoms with Crippen molar-refractivity contribution < 1.29 is 22.7 Å². The highest BCUT2D eigenvalue weighted by molar-refractivity contribution is 5.85. The number of alkyl carbamates (subject to hydrolysis) is 1. The van der Waals surface area contributed by atoms with Crippen molar-refractivity contribution in [3.63, 3.8) is 0 Å². The maximum atomic E-state index is 13.0. The molecule has 0 unspecified atom stereocenters. The van der Waals surface area contributed by atoms with Crippen LogP contribution >= 0.6 is 12.4 Å². The fourth-order valence-electron chi connectivity index (χ4n) is 2.20. The van der Waals surface area contributed by atoms with E-state index in [-0.39, 0.29) is 24.6 Å². The summed E-state index contributed by atoms with van der Waals surface area (Å²) in [4.78, 5) is 11.3. The van der Waals surface area contributed by atoms with Crippen LogP contribution < -0.4 is 5.32 Å². The number of benzene rings is 1. The minimum Gasteiger partial charge on any atom is -0.449 e. The largest absolute Gasteiger partial charge is 0.449 e. The van der Waals surface area contributed by atoms with Crippen LogP contribution in [0.15, 0.2) is 24.3 Å². The van der Waals surface area contributed by atoms with Crippen molar-refractivity contribution in [1.29, 1.82) is 0 Å². The Morgan fingerprint density at radius 2 is 1.90 bits per heavy atom. The lowest BCUT2D eigenvalue weighted by Gasteiger charge is -2.39. The highest BCUT2D eigenvalue weighted by atomic mass is 35.5. The summed E-state index contributed by atoms with van der Waals surface area (Å²) in [5, 5.41) is 2.47. The van der Waals surface area contributed by atoms with E-state index in [4.69, 9.17) is 4.74 Å². The molecule has 0 aromatic heterocycles. The molecule has 1 aromatic rings. The number of amides is 1. The quantitative estimate of drug-likeness (QED) is 0.853. The smallest absolute Gasteiger partial charge is 0.416 e. The third-order valence-corrected chi connectivity index (χ3v) is 3.20. The maximum absolute atomic E-state index is 13.0. The van der Waals surface area contributed by atoms with E-state index >= 15 is 0 Å². The molecule has 0 aliphatic carbocycles. The maximum Gasteiger partial charge on any atom is 0.416 e. The van der Waals surface area contributed by atoms with Crippen molar-refractivity contribution in [2.75, 3.05) is 6.61 Å². The number of ether oxygens (including phenoxy) is 1. The average Bonchev–Trinajstić information content (AvgIpc) is 2.31. The molecule has 7 heteroatoms. The van der Waals surface area contributed by atoms with Crippen molar-refractivity contribution in [2.45, 2.75) is 26.1 Å². The molecule has 2 rings (SSSR count). The van der Waals surface area contributed by atoms with Gasteiger partial charge < -0.3 is 10.1 Å². The number of rotatable bonds is 1. The molecule has 0 bridgehead atoms. The molecule has 1 aromatic carbocycles. The highest BCUT2D eigenvalue weighted by Crippen LogP contribution is 2.42. The number of carbonyl (C=O) groups is 1. The Morgan fingerprint density at radius 3 is 2.50 bits per heavy atom. The Bertz CT molecular complexity index is 503. The second-order valence-corrected chi connectivity index (χ2v) is 5.23. The van der Waals surface area contributed by atoms with Gasteiger partial charge in [0.05, 0.1) is 11.6 Å². The number of nitrogens with one attached hydrogen (secondary N) is 1. The molecule has 1 saturated heterocycles. The predicted octanol–water partition coefficient (Wildman–Crippen LogP) is 3.93. The van der Waals surface area contributed by atoms with Gasteiger partial charge in [-0.15, -0.1) is 12.4 Å². The summed E-state index contributed by atoms with van der Waals surface area (Å²) in [6.45, 7) is 3.59. The van der Waals surface area contributed by atoms with Crippen molar-refractivity contribution in [1.82, 2.24) is 5.32 Å². The van der Waals surface area contributed by atoms with Crippen molar-refractivity contribution in [3.05, 3.63) is 35.4 Å². The third kappa shape index (κ3) is 3.17. The zero-order chi connectivity index (χ0) is 14.3. The molecular weight excluding hydrogens is 295 g/mol. The summed E-state index contributed by atoms with van der Waals surface area (Å²) in [5.41, 5.74) is -1.28. The molecule has 112 valence electrons. The molecule has 1 aliphatic heterocycles. The topological polar surface area (TPSA) is 38.3 Å². The van der Waals surface area contributed by atoms with E-state index in [1.165, 1.54) is 18.2 Å². The molecule has 1 fully saturated rings. The van der Waals surface area contributed by atoms with E-state index in [0.29, 0.717) is 0 Å². The molecule has 1 heterocycles. The molecule has 1 atom stereocenters. The number of cyclic esters (lactones) is 1. The second-order valence-electron chi connectivity index (χ2n) is 5.23. The Morgan fingerprint density at radius 1 is 1.30 bits per heavy atom. The molecule has 1 aliphatic rings. The minimum absolute atomic E-state index is 0. The standard InChI is InChI=1S/C13H14F3NO2.ClH/c1-12(2)7-19-11(18)17-10(12)8-5-3-4-6-9(8)13(14,15)16;/h3-6,10H,7H2,1-2H3,(H,17,18);1H/t10-;/m1./s1. The Kier molecular flexibility index (Phi) is 4.59. The van der Waals surface area contributed by atoms with Gasteiger partial charge in [-0.25, -0.2) is 4.79 Å². The highest BCUT2D eigenvalue weighted by Gasteiger charge is 2.43. The SMILES string of the molecule is CC1(C)COC(=O)N[C@@H]1c1ccccc1C(F)(F)F.Cl. The summed E-state index contributed by atoms with van der Waals surface area (Å²) in [5.74, 6) is 0. The van der Waals surface area contributed by atoms with Gasteiger partial charge in [-0.3, -0.25) is 0 Å². The molecule has 1 amide bonds. The summed E-state index contributed by atoms with van der Waals surface area (Å²) in [6.07, 6.45) is -5.14. The molecule has 0 saturated carbocycles. The zero-order valence-corrected chi connectivity index (χ0v) is 11.8. The molecule has 3 nitrogen and oxygen atoms in total.